The predicted molar refractivity (Wildman–Crippen MR) is 54.8 cm³/mol. The molecule has 1 aromatic heterocycles. The summed E-state index contributed by atoms with van der Waals surface area (Å²) in [5.74, 6) is -0.221. The fourth-order valence-electron chi connectivity index (χ4n) is 1.19. The van der Waals surface area contributed by atoms with E-state index in [0.29, 0.717) is 11.3 Å². The molecule has 0 saturated carbocycles. The highest BCUT2D eigenvalue weighted by Gasteiger charge is 2.12. The zero-order valence-corrected chi connectivity index (χ0v) is 8.46. The Hall–Kier alpha value is -1.39. The van der Waals surface area contributed by atoms with Crippen molar-refractivity contribution in [3.63, 3.8) is 0 Å². The van der Waals surface area contributed by atoms with E-state index in [2.05, 4.69) is 4.98 Å². The number of halogens is 2. The van der Waals surface area contributed by atoms with Crippen LogP contribution >= 0.6 is 11.6 Å². The molecule has 1 aromatic carbocycles. The van der Waals surface area contributed by atoms with Crippen molar-refractivity contribution in [2.75, 3.05) is 0 Å². The van der Waals surface area contributed by atoms with E-state index in [-0.39, 0.29) is 17.5 Å². The van der Waals surface area contributed by atoms with E-state index in [1.807, 2.05) is 0 Å². The van der Waals surface area contributed by atoms with E-state index in [1.54, 1.807) is 12.1 Å². The third-order valence-electron chi connectivity index (χ3n) is 1.94. The molecule has 15 heavy (non-hydrogen) atoms. The molecule has 2 rings (SSSR count). The Morgan fingerprint density at radius 2 is 2.27 bits per heavy atom. The maximum atomic E-state index is 13.1. The average Bonchev–Trinajstić information content (AvgIpc) is 2.70. The molecule has 0 aliphatic rings. The molecular weight excluding hydrogens is 219 g/mol. The molecule has 2 aromatic rings. The van der Waals surface area contributed by atoms with Crippen molar-refractivity contribution in [1.82, 2.24) is 4.98 Å². The minimum Gasteiger partial charge on any atom is -0.444 e. The molecule has 0 aliphatic heterocycles. The van der Waals surface area contributed by atoms with Crippen molar-refractivity contribution in [1.29, 1.82) is 0 Å². The number of nitrogens with zero attached hydrogens (tertiary/aromatic N) is 1. The maximum absolute atomic E-state index is 13.1. The van der Waals surface area contributed by atoms with Crippen molar-refractivity contribution in [3.05, 3.63) is 41.0 Å². The quantitative estimate of drug-likeness (QED) is 0.856. The van der Waals surface area contributed by atoms with Crippen LogP contribution in [0.2, 0.25) is 5.02 Å². The van der Waals surface area contributed by atoms with Gasteiger partial charge in [-0.1, -0.05) is 17.7 Å². The van der Waals surface area contributed by atoms with Crippen LogP contribution in [0.4, 0.5) is 4.39 Å². The molecule has 0 fully saturated rings. The van der Waals surface area contributed by atoms with Gasteiger partial charge in [0.25, 0.3) is 0 Å². The van der Waals surface area contributed by atoms with E-state index in [9.17, 15) is 4.39 Å². The van der Waals surface area contributed by atoms with Gasteiger partial charge in [-0.15, -0.1) is 0 Å². The van der Waals surface area contributed by atoms with Crippen LogP contribution in [-0.4, -0.2) is 4.98 Å². The number of nitrogens with two attached hydrogens (primary N) is 1. The first-order chi connectivity index (χ1) is 7.22. The summed E-state index contributed by atoms with van der Waals surface area (Å²) in [6, 6.07) is 4.46. The van der Waals surface area contributed by atoms with Gasteiger partial charge in [-0.25, -0.2) is 9.37 Å². The van der Waals surface area contributed by atoms with Crippen molar-refractivity contribution in [2.45, 2.75) is 6.54 Å². The van der Waals surface area contributed by atoms with Crippen LogP contribution in [0.15, 0.2) is 28.9 Å². The van der Waals surface area contributed by atoms with E-state index in [1.165, 1.54) is 12.3 Å². The summed E-state index contributed by atoms with van der Waals surface area (Å²) in [6.07, 6.45) is 1.43. The lowest BCUT2D eigenvalue weighted by atomic mass is 10.2. The van der Waals surface area contributed by atoms with Crippen LogP contribution < -0.4 is 5.73 Å². The summed E-state index contributed by atoms with van der Waals surface area (Å²) in [5.41, 5.74) is 6.41. The molecule has 3 nitrogen and oxygen atoms in total. The molecular formula is C10H8ClFN2O. The molecule has 0 radical (unpaired) electrons. The Kier molecular flexibility index (Phi) is 2.70. The molecule has 0 saturated heterocycles. The summed E-state index contributed by atoms with van der Waals surface area (Å²) in [6.45, 7) is 0.274. The molecule has 0 aliphatic carbocycles. The van der Waals surface area contributed by atoms with Crippen LogP contribution in [0.1, 0.15) is 5.69 Å². The lowest BCUT2D eigenvalue weighted by Crippen LogP contribution is -1.95. The maximum Gasteiger partial charge on any atom is 0.227 e. The molecule has 78 valence electrons. The Morgan fingerprint density at radius 3 is 2.93 bits per heavy atom. The molecule has 0 spiro atoms. The molecule has 0 amide bonds. The SMILES string of the molecule is NCc1coc(-c2cccc(F)c2Cl)n1. The Labute approximate surface area is 90.7 Å². The first kappa shape index (κ1) is 10.1. The largest absolute Gasteiger partial charge is 0.444 e. The van der Waals surface area contributed by atoms with Crippen molar-refractivity contribution >= 4 is 11.6 Å². The zero-order chi connectivity index (χ0) is 10.8. The van der Waals surface area contributed by atoms with Gasteiger partial charge in [-0.3, -0.25) is 0 Å². The molecule has 0 bridgehead atoms. The molecule has 0 atom stereocenters. The summed E-state index contributed by atoms with van der Waals surface area (Å²) < 4.78 is 18.3. The fourth-order valence-corrected chi connectivity index (χ4v) is 1.40. The topological polar surface area (TPSA) is 52.0 Å². The van der Waals surface area contributed by atoms with Gasteiger partial charge in [-0.2, -0.15) is 0 Å². The van der Waals surface area contributed by atoms with Gasteiger partial charge in [0.1, 0.15) is 12.1 Å². The van der Waals surface area contributed by atoms with E-state index < -0.39 is 5.82 Å². The molecule has 1 heterocycles. The number of hydrogen-bond donors (Lipinski definition) is 1. The highest BCUT2D eigenvalue weighted by Crippen LogP contribution is 2.29. The van der Waals surface area contributed by atoms with E-state index in [4.69, 9.17) is 21.8 Å². The summed E-state index contributed by atoms with van der Waals surface area (Å²) in [7, 11) is 0. The molecule has 0 unspecified atom stereocenters. The Balaban J connectivity index is 2.49. The standard InChI is InChI=1S/C10H8ClFN2O/c11-9-7(2-1-3-8(9)12)10-14-6(4-13)5-15-10/h1-3,5H,4,13H2. The van der Waals surface area contributed by atoms with Crippen molar-refractivity contribution in [3.8, 4) is 11.5 Å². The summed E-state index contributed by atoms with van der Waals surface area (Å²) in [5, 5.41) is 0.00271. The van der Waals surface area contributed by atoms with Gasteiger partial charge in [0.05, 0.1) is 16.3 Å². The fraction of sp³-hybridized carbons (Fsp3) is 0.100. The Bertz CT molecular complexity index is 484. The minimum absolute atomic E-state index is 0.00271. The second kappa shape index (κ2) is 4.00. The van der Waals surface area contributed by atoms with Crippen LogP contribution in [0.25, 0.3) is 11.5 Å². The predicted octanol–water partition coefficient (Wildman–Crippen LogP) is 2.59. The van der Waals surface area contributed by atoms with Crippen molar-refractivity contribution in [2.24, 2.45) is 5.73 Å². The lowest BCUT2D eigenvalue weighted by molar-refractivity contribution is 0.570. The number of oxazole rings is 1. The van der Waals surface area contributed by atoms with Crippen LogP contribution in [-0.2, 0) is 6.54 Å². The Morgan fingerprint density at radius 1 is 1.47 bits per heavy atom. The second-order valence-electron chi connectivity index (χ2n) is 2.95. The van der Waals surface area contributed by atoms with Crippen molar-refractivity contribution < 1.29 is 8.81 Å². The second-order valence-corrected chi connectivity index (χ2v) is 3.33. The van der Waals surface area contributed by atoms with Gasteiger partial charge in [0.2, 0.25) is 5.89 Å². The zero-order valence-electron chi connectivity index (χ0n) is 7.71. The van der Waals surface area contributed by atoms with Crippen LogP contribution in [0.5, 0.6) is 0 Å². The number of hydrogen-bond acceptors (Lipinski definition) is 3. The molecule has 5 heteroatoms. The lowest BCUT2D eigenvalue weighted by Gasteiger charge is -1.99. The highest BCUT2D eigenvalue weighted by molar-refractivity contribution is 6.33. The normalized spacial score (nSPS) is 10.6. The molecule has 2 N–H and O–H groups in total. The van der Waals surface area contributed by atoms with Crippen LogP contribution in [0.3, 0.4) is 0 Å². The number of rotatable bonds is 2. The highest BCUT2D eigenvalue weighted by atomic mass is 35.5. The first-order valence-corrected chi connectivity index (χ1v) is 4.69. The third kappa shape index (κ3) is 1.86. The van der Waals surface area contributed by atoms with E-state index >= 15 is 0 Å². The monoisotopic (exact) mass is 226 g/mol. The van der Waals surface area contributed by atoms with Gasteiger partial charge >= 0.3 is 0 Å². The summed E-state index contributed by atoms with van der Waals surface area (Å²) in [4.78, 5) is 4.06. The van der Waals surface area contributed by atoms with Gasteiger partial charge in [0.15, 0.2) is 0 Å². The number of benzene rings is 1. The number of aromatic nitrogens is 1. The first-order valence-electron chi connectivity index (χ1n) is 4.31. The van der Waals surface area contributed by atoms with E-state index in [0.717, 1.165) is 0 Å². The minimum atomic E-state index is -0.498. The smallest absolute Gasteiger partial charge is 0.227 e. The van der Waals surface area contributed by atoms with Gasteiger partial charge < -0.3 is 10.2 Å². The summed E-state index contributed by atoms with van der Waals surface area (Å²) >= 11 is 5.77. The average molecular weight is 227 g/mol. The van der Waals surface area contributed by atoms with Crippen LogP contribution in [0, 0.1) is 5.82 Å². The van der Waals surface area contributed by atoms with Gasteiger partial charge in [-0.05, 0) is 12.1 Å². The third-order valence-corrected chi connectivity index (χ3v) is 2.33. The van der Waals surface area contributed by atoms with Gasteiger partial charge in [0, 0.05) is 6.54 Å².